The van der Waals surface area contributed by atoms with Crippen LogP contribution >= 0.6 is 0 Å². The van der Waals surface area contributed by atoms with Gasteiger partial charge < -0.3 is 9.80 Å². The van der Waals surface area contributed by atoms with Crippen molar-refractivity contribution < 1.29 is 13.6 Å². The first-order chi connectivity index (χ1) is 20.7. The van der Waals surface area contributed by atoms with E-state index in [0.29, 0.717) is 13.1 Å². The van der Waals surface area contributed by atoms with Crippen LogP contribution in [-0.2, 0) is 13.1 Å². The number of hydrogen-bond donors (Lipinski definition) is 0. The molecule has 1 heterocycles. The lowest BCUT2D eigenvalue weighted by Gasteiger charge is -2.40. The highest BCUT2D eigenvalue weighted by Gasteiger charge is 2.32. The molecule has 4 nitrogen and oxygen atoms in total. The van der Waals surface area contributed by atoms with Crippen LogP contribution < -0.4 is 0 Å². The third-order valence-corrected chi connectivity index (χ3v) is 8.80. The number of halogens is 2. The van der Waals surface area contributed by atoms with E-state index in [-0.39, 0.29) is 11.6 Å². The van der Waals surface area contributed by atoms with Crippen molar-refractivity contribution in [3.63, 3.8) is 0 Å². The molecule has 0 saturated carbocycles. The first-order valence-corrected chi connectivity index (χ1v) is 16.1. The Hall–Kier alpha value is -3.25. The van der Waals surface area contributed by atoms with Gasteiger partial charge in [0.1, 0.15) is 0 Å². The van der Waals surface area contributed by atoms with E-state index >= 15 is 0 Å². The minimum atomic E-state index is -1.09. The third-order valence-electron chi connectivity index (χ3n) is 8.80. The highest BCUT2D eigenvalue weighted by molar-refractivity contribution is 5.95. The van der Waals surface area contributed by atoms with Crippen LogP contribution in [0.25, 0.3) is 0 Å². The first kappa shape index (κ1) is 32.7. The normalized spacial score (nSPS) is 16.3. The molecule has 1 atom stereocenters. The number of allylic oxidation sites excluding steroid dienone is 4. The summed E-state index contributed by atoms with van der Waals surface area (Å²) < 4.78 is 29.1. The molecule has 2 aliphatic rings. The summed E-state index contributed by atoms with van der Waals surface area (Å²) in [4.78, 5) is 20.6. The molecule has 1 amide bonds. The molecule has 2 aromatic carbocycles. The molecule has 1 saturated heterocycles. The number of amides is 1. The molecular formula is C37H49F2N3O. The van der Waals surface area contributed by atoms with Crippen LogP contribution in [0.1, 0.15) is 101 Å². The summed E-state index contributed by atoms with van der Waals surface area (Å²) in [6, 6.07) is 12.2. The summed E-state index contributed by atoms with van der Waals surface area (Å²) in [6.45, 7) is 14.8. The van der Waals surface area contributed by atoms with E-state index in [2.05, 4.69) is 73.9 Å². The number of nitrogens with zero attached hydrogens (tertiary/aromatic N) is 3. The number of likely N-dealkylation sites (tertiary alicyclic amines) is 1. The molecule has 2 aromatic rings. The monoisotopic (exact) mass is 589 g/mol. The lowest BCUT2D eigenvalue weighted by Crippen LogP contribution is -2.45. The molecule has 0 bridgehead atoms. The zero-order chi connectivity index (χ0) is 30.9. The van der Waals surface area contributed by atoms with Crippen molar-refractivity contribution in [3.8, 4) is 0 Å². The minimum Gasteiger partial charge on any atom is -0.339 e. The fourth-order valence-electron chi connectivity index (χ4n) is 6.49. The molecule has 0 N–H and O–H groups in total. The second-order valence-electron chi connectivity index (χ2n) is 12.3. The van der Waals surface area contributed by atoms with Gasteiger partial charge in [0.25, 0.3) is 5.91 Å². The summed E-state index contributed by atoms with van der Waals surface area (Å²) >= 11 is 0. The second-order valence-corrected chi connectivity index (χ2v) is 12.3. The number of rotatable bonds is 12. The van der Waals surface area contributed by atoms with Crippen LogP contribution in [0.4, 0.5) is 8.78 Å². The fraction of sp³-hybridized carbons (Fsp3) is 0.486. The number of hydrogen-bond acceptors (Lipinski definition) is 3. The van der Waals surface area contributed by atoms with Gasteiger partial charge in [-0.2, -0.15) is 0 Å². The van der Waals surface area contributed by atoms with Gasteiger partial charge in [0.2, 0.25) is 0 Å². The Kier molecular flexibility index (Phi) is 11.7. The molecule has 232 valence electrons. The summed E-state index contributed by atoms with van der Waals surface area (Å²) in [6.07, 6.45) is 12.0. The number of benzene rings is 2. The van der Waals surface area contributed by atoms with E-state index in [1.807, 2.05) is 6.92 Å². The van der Waals surface area contributed by atoms with E-state index in [9.17, 15) is 13.6 Å². The van der Waals surface area contributed by atoms with Crippen molar-refractivity contribution in [1.29, 1.82) is 0 Å². The maximum atomic E-state index is 14.9. The third kappa shape index (κ3) is 8.03. The molecule has 1 aliphatic carbocycles. The largest absolute Gasteiger partial charge is 0.339 e. The van der Waals surface area contributed by atoms with Crippen LogP contribution in [0, 0.1) is 11.6 Å². The highest BCUT2D eigenvalue weighted by Crippen LogP contribution is 2.33. The Morgan fingerprint density at radius 1 is 0.953 bits per heavy atom. The molecule has 1 unspecified atom stereocenters. The van der Waals surface area contributed by atoms with Crippen molar-refractivity contribution in [3.05, 3.63) is 105 Å². The Morgan fingerprint density at radius 2 is 1.65 bits per heavy atom. The van der Waals surface area contributed by atoms with Gasteiger partial charge in [-0.3, -0.25) is 9.69 Å². The molecule has 0 spiro atoms. The van der Waals surface area contributed by atoms with Gasteiger partial charge in [-0.05, 0) is 102 Å². The van der Waals surface area contributed by atoms with Crippen LogP contribution in [0.5, 0.6) is 0 Å². The Bertz CT molecular complexity index is 1350. The molecule has 4 rings (SSSR count). The van der Waals surface area contributed by atoms with E-state index in [1.165, 1.54) is 48.1 Å². The van der Waals surface area contributed by atoms with Crippen molar-refractivity contribution in [2.75, 3.05) is 19.6 Å². The lowest BCUT2D eigenvalue weighted by molar-refractivity contribution is 0.0688. The standard InChI is InChI=1S/C37H49F2N3O/c1-6-7-24-41(37(43)32-19-15-20-33(38)35(32)39)29(5)36(27(2)3)42(34-21-12-9-16-28(34)4)26-31-18-11-10-17-30(31)25-40-22-13-8-14-23-40/h10-11,15-21,29H,6-9,12-14,22-26H2,1-5H3. The highest BCUT2D eigenvalue weighted by atomic mass is 19.2. The molecule has 0 radical (unpaired) electrons. The molecule has 1 fully saturated rings. The summed E-state index contributed by atoms with van der Waals surface area (Å²) in [5.41, 5.74) is 6.86. The first-order valence-electron chi connectivity index (χ1n) is 16.1. The van der Waals surface area contributed by atoms with Gasteiger partial charge in [-0.15, -0.1) is 0 Å². The molecule has 43 heavy (non-hydrogen) atoms. The van der Waals surface area contributed by atoms with Crippen LogP contribution in [-0.4, -0.2) is 46.3 Å². The summed E-state index contributed by atoms with van der Waals surface area (Å²) in [5.74, 6) is -2.57. The molecular weight excluding hydrogens is 540 g/mol. The van der Waals surface area contributed by atoms with Crippen molar-refractivity contribution in [1.82, 2.24) is 14.7 Å². The molecule has 1 aliphatic heterocycles. The Balaban J connectivity index is 1.76. The van der Waals surface area contributed by atoms with Crippen molar-refractivity contribution >= 4 is 5.91 Å². The van der Waals surface area contributed by atoms with Gasteiger partial charge in [0, 0.05) is 31.0 Å². The summed E-state index contributed by atoms with van der Waals surface area (Å²) in [7, 11) is 0. The SMILES string of the molecule is CCCCN(C(=O)c1cccc(F)c1F)C(C)C(=C(C)C)N(Cc1ccccc1CN1CCCCC1)C1=CCCC=C1C. The van der Waals surface area contributed by atoms with Crippen LogP contribution in [0.2, 0.25) is 0 Å². The van der Waals surface area contributed by atoms with E-state index < -0.39 is 17.5 Å². The predicted octanol–water partition coefficient (Wildman–Crippen LogP) is 9.00. The average Bonchev–Trinajstić information content (AvgIpc) is 3.00. The smallest absolute Gasteiger partial charge is 0.257 e. The van der Waals surface area contributed by atoms with E-state index in [4.69, 9.17) is 0 Å². The van der Waals surface area contributed by atoms with Crippen molar-refractivity contribution in [2.45, 2.75) is 98.7 Å². The Morgan fingerprint density at radius 3 is 2.33 bits per heavy atom. The predicted molar refractivity (Wildman–Crippen MR) is 172 cm³/mol. The zero-order valence-corrected chi connectivity index (χ0v) is 26.8. The van der Waals surface area contributed by atoms with Crippen LogP contribution in [0.3, 0.4) is 0 Å². The summed E-state index contributed by atoms with van der Waals surface area (Å²) in [5, 5.41) is 0. The second kappa shape index (κ2) is 15.5. The maximum Gasteiger partial charge on any atom is 0.257 e. The van der Waals surface area contributed by atoms with Gasteiger partial charge in [-0.25, -0.2) is 8.78 Å². The number of piperidine rings is 1. The van der Waals surface area contributed by atoms with Gasteiger partial charge in [0.05, 0.1) is 11.6 Å². The van der Waals surface area contributed by atoms with Gasteiger partial charge in [0.15, 0.2) is 11.6 Å². The minimum absolute atomic E-state index is 0.220. The number of carbonyl (C=O) groups is 1. The number of unbranched alkanes of at least 4 members (excludes halogenated alkanes) is 1. The number of carbonyl (C=O) groups excluding carboxylic acids is 1. The maximum absolute atomic E-state index is 14.9. The van der Waals surface area contributed by atoms with E-state index in [1.54, 1.807) is 4.90 Å². The lowest BCUT2D eigenvalue weighted by atomic mass is 9.97. The molecule has 6 heteroatoms. The zero-order valence-electron chi connectivity index (χ0n) is 26.8. The van der Waals surface area contributed by atoms with Gasteiger partial charge >= 0.3 is 0 Å². The molecule has 0 aromatic heterocycles. The van der Waals surface area contributed by atoms with Crippen molar-refractivity contribution in [2.24, 2.45) is 0 Å². The van der Waals surface area contributed by atoms with Crippen LogP contribution in [0.15, 0.2) is 77.2 Å². The topological polar surface area (TPSA) is 26.8 Å². The fourth-order valence-corrected chi connectivity index (χ4v) is 6.49. The van der Waals surface area contributed by atoms with E-state index in [0.717, 1.165) is 68.4 Å². The Labute approximate surface area is 257 Å². The average molecular weight is 590 g/mol. The quantitative estimate of drug-likeness (QED) is 0.247. The van der Waals surface area contributed by atoms with Gasteiger partial charge in [-0.1, -0.05) is 67.8 Å².